The van der Waals surface area contributed by atoms with Crippen LogP contribution in [0.3, 0.4) is 0 Å². The normalized spacial score (nSPS) is 14.5. The van der Waals surface area contributed by atoms with Crippen LogP contribution in [0.5, 0.6) is 0 Å². The van der Waals surface area contributed by atoms with Crippen LogP contribution in [0.2, 0.25) is 0 Å². The van der Waals surface area contributed by atoms with Gasteiger partial charge in [0.1, 0.15) is 0 Å². The van der Waals surface area contributed by atoms with Crippen molar-refractivity contribution in [1.29, 1.82) is 0 Å². The van der Waals surface area contributed by atoms with Crippen LogP contribution in [-0.4, -0.2) is 10.5 Å². The zero-order chi connectivity index (χ0) is 14.3. The Hall–Kier alpha value is -2.03. The molecule has 3 nitrogen and oxygen atoms in total. The number of carbonyl (C=O) groups is 1. The van der Waals surface area contributed by atoms with Crippen LogP contribution < -0.4 is 5.73 Å². The van der Waals surface area contributed by atoms with Gasteiger partial charge in [-0.3, -0.25) is 4.79 Å². The first-order valence-electron chi connectivity index (χ1n) is 7.14. The Morgan fingerprint density at radius 1 is 1.25 bits per heavy atom. The number of carbonyl (C=O) groups excluding carboxylic acids is 1. The summed E-state index contributed by atoms with van der Waals surface area (Å²) < 4.78 is 2.28. The van der Waals surface area contributed by atoms with Gasteiger partial charge in [-0.25, -0.2) is 0 Å². The summed E-state index contributed by atoms with van der Waals surface area (Å²) in [6, 6.07) is 10.3. The molecule has 20 heavy (non-hydrogen) atoms. The Kier molecular flexibility index (Phi) is 3.13. The quantitative estimate of drug-likeness (QED) is 0.908. The number of hydrogen-bond donors (Lipinski definition) is 1. The molecule has 1 amide bonds. The number of nitrogens with zero attached hydrogens (tertiary/aromatic N) is 1. The molecule has 104 valence electrons. The minimum Gasteiger partial charge on any atom is -0.366 e. The summed E-state index contributed by atoms with van der Waals surface area (Å²) in [5.41, 5.74) is 10.6. The highest BCUT2D eigenvalue weighted by Crippen LogP contribution is 2.36. The molecule has 1 aliphatic rings. The Bertz CT molecular complexity index is 651. The Balaban J connectivity index is 2.20. The summed E-state index contributed by atoms with van der Waals surface area (Å²) in [5, 5.41) is 0. The van der Waals surface area contributed by atoms with Crippen molar-refractivity contribution in [3.63, 3.8) is 0 Å². The zero-order valence-electron chi connectivity index (χ0n) is 12.0. The van der Waals surface area contributed by atoms with E-state index in [1.54, 1.807) is 0 Å². The minimum absolute atomic E-state index is 0.327. The molecule has 1 aliphatic carbocycles. The smallest absolute Gasteiger partial charge is 0.250 e. The molecule has 2 aromatic rings. The average Bonchev–Trinajstić information content (AvgIpc) is 3.18. The van der Waals surface area contributed by atoms with Crippen LogP contribution >= 0.6 is 0 Å². The second-order valence-corrected chi connectivity index (χ2v) is 5.72. The highest BCUT2D eigenvalue weighted by Gasteiger charge is 2.27. The topological polar surface area (TPSA) is 48.0 Å². The number of aromatic nitrogens is 1. The van der Waals surface area contributed by atoms with Crippen LogP contribution in [0.15, 0.2) is 30.3 Å². The third-order valence-electron chi connectivity index (χ3n) is 4.20. The van der Waals surface area contributed by atoms with Gasteiger partial charge in [-0.15, -0.1) is 0 Å². The highest BCUT2D eigenvalue weighted by atomic mass is 16.1. The van der Waals surface area contributed by atoms with E-state index in [9.17, 15) is 4.79 Å². The third-order valence-corrected chi connectivity index (χ3v) is 4.20. The van der Waals surface area contributed by atoms with E-state index < -0.39 is 0 Å². The van der Waals surface area contributed by atoms with Gasteiger partial charge in [0, 0.05) is 12.2 Å². The van der Waals surface area contributed by atoms with Crippen molar-refractivity contribution >= 4 is 5.91 Å². The molecule has 0 radical (unpaired) electrons. The Labute approximate surface area is 119 Å². The van der Waals surface area contributed by atoms with Crippen LogP contribution in [0.25, 0.3) is 11.3 Å². The molecular weight excluding hydrogens is 248 g/mol. The van der Waals surface area contributed by atoms with Crippen LogP contribution in [0.4, 0.5) is 0 Å². The van der Waals surface area contributed by atoms with Gasteiger partial charge >= 0.3 is 0 Å². The summed E-state index contributed by atoms with van der Waals surface area (Å²) in [7, 11) is 0. The second-order valence-electron chi connectivity index (χ2n) is 5.72. The second kappa shape index (κ2) is 4.82. The van der Waals surface area contributed by atoms with E-state index in [1.165, 1.54) is 12.8 Å². The monoisotopic (exact) mass is 268 g/mol. The largest absolute Gasteiger partial charge is 0.366 e. The van der Waals surface area contributed by atoms with Crippen molar-refractivity contribution in [2.45, 2.75) is 33.2 Å². The van der Waals surface area contributed by atoms with Crippen LogP contribution in [-0.2, 0) is 6.54 Å². The van der Waals surface area contributed by atoms with Gasteiger partial charge in [0.25, 0.3) is 5.91 Å². The number of rotatable bonds is 4. The SMILES string of the molecule is Cc1c(C(N)=O)c(C)n(CC2CC2)c1-c1ccccc1. The fraction of sp³-hybridized carbons (Fsp3) is 0.353. The molecule has 0 saturated heterocycles. The van der Waals surface area contributed by atoms with Gasteiger partial charge < -0.3 is 10.3 Å². The lowest BCUT2D eigenvalue weighted by atomic mass is 10.1. The summed E-state index contributed by atoms with van der Waals surface area (Å²) in [6.07, 6.45) is 2.58. The van der Waals surface area contributed by atoms with Gasteiger partial charge in [-0.1, -0.05) is 30.3 Å². The van der Waals surface area contributed by atoms with Gasteiger partial charge in [0.2, 0.25) is 0 Å². The lowest BCUT2D eigenvalue weighted by Crippen LogP contribution is -2.13. The van der Waals surface area contributed by atoms with Crippen LogP contribution in [0, 0.1) is 19.8 Å². The van der Waals surface area contributed by atoms with Crippen LogP contribution in [0.1, 0.15) is 34.5 Å². The van der Waals surface area contributed by atoms with Crippen molar-refractivity contribution in [3.05, 3.63) is 47.2 Å². The predicted octanol–water partition coefficient (Wildman–Crippen LogP) is 3.28. The summed E-state index contributed by atoms with van der Waals surface area (Å²) >= 11 is 0. The Morgan fingerprint density at radius 3 is 2.45 bits per heavy atom. The number of benzene rings is 1. The van der Waals surface area contributed by atoms with E-state index in [-0.39, 0.29) is 5.91 Å². The first-order valence-corrected chi connectivity index (χ1v) is 7.14. The van der Waals surface area contributed by atoms with E-state index in [0.29, 0.717) is 5.56 Å². The fourth-order valence-electron chi connectivity index (χ4n) is 3.01. The average molecular weight is 268 g/mol. The third kappa shape index (κ3) is 2.13. The molecule has 1 aromatic carbocycles. The number of hydrogen-bond acceptors (Lipinski definition) is 1. The maximum absolute atomic E-state index is 11.7. The van der Waals surface area contributed by atoms with Crippen molar-refractivity contribution in [1.82, 2.24) is 4.57 Å². The van der Waals surface area contributed by atoms with E-state index in [4.69, 9.17) is 5.73 Å². The molecule has 1 heterocycles. The first-order chi connectivity index (χ1) is 9.59. The van der Waals surface area contributed by atoms with E-state index in [1.807, 2.05) is 32.0 Å². The standard InChI is InChI=1S/C17H20N2O/c1-11-15(17(18)20)12(2)19(10-13-8-9-13)16(11)14-6-4-3-5-7-14/h3-7,13H,8-10H2,1-2H3,(H2,18,20). The van der Waals surface area contributed by atoms with E-state index >= 15 is 0 Å². The lowest BCUT2D eigenvalue weighted by Gasteiger charge is -2.12. The zero-order valence-corrected chi connectivity index (χ0v) is 12.0. The summed E-state index contributed by atoms with van der Waals surface area (Å²) in [5.74, 6) is 0.426. The molecule has 2 N–H and O–H groups in total. The van der Waals surface area contributed by atoms with E-state index in [2.05, 4.69) is 16.7 Å². The van der Waals surface area contributed by atoms with Gasteiger partial charge in [0.05, 0.1) is 11.3 Å². The molecule has 1 saturated carbocycles. The number of nitrogens with two attached hydrogens (primary N) is 1. The molecule has 1 fully saturated rings. The molecule has 3 heteroatoms. The summed E-state index contributed by atoms with van der Waals surface area (Å²) in [6.45, 7) is 4.99. The van der Waals surface area contributed by atoms with Crippen molar-refractivity contribution in [2.24, 2.45) is 11.7 Å². The van der Waals surface area contributed by atoms with Gasteiger partial charge in [0.15, 0.2) is 0 Å². The maximum Gasteiger partial charge on any atom is 0.250 e. The van der Waals surface area contributed by atoms with Crippen molar-refractivity contribution < 1.29 is 4.79 Å². The Morgan fingerprint density at radius 2 is 1.90 bits per heavy atom. The molecule has 0 spiro atoms. The summed E-state index contributed by atoms with van der Waals surface area (Å²) in [4.78, 5) is 11.7. The molecule has 0 atom stereocenters. The maximum atomic E-state index is 11.7. The van der Waals surface area contributed by atoms with Crippen molar-refractivity contribution in [2.75, 3.05) is 0 Å². The molecule has 3 rings (SSSR count). The minimum atomic E-state index is -0.327. The molecule has 0 bridgehead atoms. The van der Waals surface area contributed by atoms with E-state index in [0.717, 1.165) is 35.0 Å². The van der Waals surface area contributed by atoms with Gasteiger partial charge in [-0.05, 0) is 43.7 Å². The molecule has 0 aliphatic heterocycles. The number of amides is 1. The lowest BCUT2D eigenvalue weighted by molar-refractivity contribution is 0.0999. The number of primary amides is 1. The molecule has 0 unspecified atom stereocenters. The molecular formula is C17H20N2O. The van der Waals surface area contributed by atoms with Crippen molar-refractivity contribution in [3.8, 4) is 11.3 Å². The first kappa shape index (κ1) is 13.0. The highest BCUT2D eigenvalue weighted by molar-refractivity contribution is 5.97. The predicted molar refractivity (Wildman–Crippen MR) is 80.6 cm³/mol. The van der Waals surface area contributed by atoms with Gasteiger partial charge in [-0.2, -0.15) is 0 Å². The fourth-order valence-corrected chi connectivity index (χ4v) is 3.01. The molecule has 1 aromatic heterocycles.